The molecule has 1 unspecified atom stereocenters. The summed E-state index contributed by atoms with van der Waals surface area (Å²) in [6.07, 6.45) is 2.75. The van der Waals surface area contributed by atoms with Gasteiger partial charge in [0.1, 0.15) is 0 Å². The van der Waals surface area contributed by atoms with E-state index in [2.05, 4.69) is 31.2 Å². The number of carbonyl (C=O) groups is 1. The van der Waals surface area contributed by atoms with Crippen molar-refractivity contribution in [2.75, 3.05) is 0 Å². The van der Waals surface area contributed by atoms with E-state index in [9.17, 15) is 4.79 Å². The van der Waals surface area contributed by atoms with E-state index >= 15 is 0 Å². The number of aryl methyl sites for hydroxylation is 1. The van der Waals surface area contributed by atoms with Crippen LogP contribution in [-0.2, 0) is 11.2 Å². The first-order chi connectivity index (χ1) is 10.5. The molecular weight excluding hydrogens is 296 g/mol. The largest absolute Gasteiger partial charge is 0.478 e. The van der Waals surface area contributed by atoms with E-state index in [1.54, 1.807) is 13.0 Å². The van der Waals surface area contributed by atoms with Gasteiger partial charge in [0.25, 0.3) is 0 Å². The van der Waals surface area contributed by atoms with Crippen LogP contribution in [0.1, 0.15) is 36.5 Å². The van der Waals surface area contributed by atoms with Crippen LogP contribution in [0.15, 0.2) is 60.2 Å². The van der Waals surface area contributed by atoms with Crippen molar-refractivity contribution in [2.24, 2.45) is 0 Å². The molecule has 0 fully saturated rings. The molecule has 2 nitrogen and oxygen atoms in total. The molecular formula is C19H19ClO2. The van der Waals surface area contributed by atoms with Gasteiger partial charge in [0.05, 0.1) is 0 Å². The number of hydrogen-bond acceptors (Lipinski definition) is 1. The summed E-state index contributed by atoms with van der Waals surface area (Å²) in [4.78, 5) is 11.2. The number of halogens is 1. The Morgan fingerprint density at radius 3 is 2.41 bits per heavy atom. The van der Waals surface area contributed by atoms with Crippen LogP contribution in [0.3, 0.4) is 0 Å². The van der Waals surface area contributed by atoms with Crippen molar-refractivity contribution in [3.63, 3.8) is 0 Å². The third-order valence-electron chi connectivity index (χ3n) is 3.71. The molecule has 1 atom stereocenters. The lowest BCUT2D eigenvalue weighted by molar-refractivity contribution is -0.132. The van der Waals surface area contributed by atoms with Gasteiger partial charge in [-0.05, 0) is 42.2 Å². The molecule has 2 aromatic rings. The van der Waals surface area contributed by atoms with Crippen molar-refractivity contribution in [3.05, 3.63) is 81.9 Å². The van der Waals surface area contributed by atoms with Gasteiger partial charge in [0.15, 0.2) is 0 Å². The Labute approximate surface area is 136 Å². The molecule has 0 aliphatic heterocycles. The van der Waals surface area contributed by atoms with E-state index in [-0.39, 0.29) is 5.92 Å². The first kappa shape index (κ1) is 16.3. The summed E-state index contributed by atoms with van der Waals surface area (Å²) in [6.45, 7) is 3.72. The summed E-state index contributed by atoms with van der Waals surface area (Å²) in [6, 6.07) is 15.8. The standard InChI is InChI=1S/C19H19ClO2/c1-3-14-7-9-15(10-8-14)18(11-13(2)19(21)22)16-5-4-6-17(20)12-16/h4-12,18H,3H2,1-2H3,(H,21,22). The molecule has 0 aliphatic rings. The molecule has 0 heterocycles. The molecule has 0 amide bonds. The highest BCUT2D eigenvalue weighted by Crippen LogP contribution is 2.29. The van der Waals surface area contributed by atoms with E-state index in [0.29, 0.717) is 10.6 Å². The van der Waals surface area contributed by atoms with Gasteiger partial charge in [0.2, 0.25) is 0 Å². The average Bonchev–Trinajstić information content (AvgIpc) is 2.52. The fraction of sp³-hybridized carbons (Fsp3) is 0.211. The lowest BCUT2D eigenvalue weighted by Crippen LogP contribution is -2.03. The molecule has 0 radical (unpaired) electrons. The molecule has 2 aromatic carbocycles. The SMILES string of the molecule is CCc1ccc(C(C=C(C)C(=O)O)c2cccc(Cl)c2)cc1. The maximum Gasteiger partial charge on any atom is 0.330 e. The van der Waals surface area contributed by atoms with Crippen molar-refractivity contribution in [3.8, 4) is 0 Å². The second-order valence-corrected chi connectivity index (χ2v) is 5.72. The maximum absolute atomic E-state index is 11.2. The van der Waals surface area contributed by atoms with Crippen LogP contribution >= 0.6 is 11.6 Å². The minimum Gasteiger partial charge on any atom is -0.478 e. The number of aliphatic carboxylic acids is 1. The summed E-state index contributed by atoms with van der Waals surface area (Å²) in [5.41, 5.74) is 3.62. The van der Waals surface area contributed by atoms with Crippen LogP contribution in [0.2, 0.25) is 5.02 Å². The van der Waals surface area contributed by atoms with Gasteiger partial charge < -0.3 is 5.11 Å². The number of benzene rings is 2. The molecule has 0 spiro atoms. The van der Waals surface area contributed by atoms with Gasteiger partial charge in [-0.2, -0.15) is 0 Å². The molecule has 0 bridgehead atoms. The highest BCUT2D eigenvalue weighted by atomic mass is 35.5. The van der Waals surface area contributed by atoms with Crippen molar-refractivity contribution in [1.29, 1.82) is 0 Å². The average molecular weight is 315 g/mol. The van der Waals surface area contributed by atoms with E-state index < -0.39 is 5.97 Å². The zero-order valence-corrected chi connectivity index (χ0v) is 13.5. The Kier molecular flexibility index (Phi) is 5.40. The topological polar surface area (TPSA) is 37.3 Å². The predicted molar refractivity (Wildman–Crippen MR) is 90.5 cm³/mol. The maximum atomic E-state index is 11.2. The molecule has 0 saturated carbocycles. The summed E-state index contributed by atoms with van der Waals surface area (Å²) in [7, 11) is 0. The summed E-state index contributed by atoms with van der Waals surface area (Å²) >= 11 is 6.09. The van der Waals surface area contributed by atoms with Gasteiger partial charge in [-0.1, -0.05) is 61.0 Å². The Morgan fingerprint density at radius 2 is 1.86 bits per heavy atom. The molecule has 0 aromatic heterocycles. The molecule has 114 valence electrons. The molecule has 0 aliphatic carbocycles. The molecule has 0 saturated heterocycles. The summed E-state index contributed by atoms with van der Waals surface area (Å²) in [5, 5.41) is 9.81. The molecule has 3 heteroatoms. The lowest BCUT2D eigenvalue weighted by Gasteiger charge is -2.16. The van der Waals surface area contributed by atoms with Crippen molar-refractivity contribution < 1.29 is 9.90 Å². The van der Waals surface area contributed by atoms with Crippen molar-refractivity contribution in [2.45, 2.75) is 26.2 Å². The van der Waals surface area contributed by atoms with Gasteiger partial charge in [-0.3, -0.25) is 0 Å². The van der Waals surface area contributed by atoms with Crippen molar-refractivity contribution in [1.82, 2.24) is 0 Å². The fourth-order valence-corrected chi connectivity index (χ4v) is 2.57. The van der Waals surface area contributed by atoms with Crippen LogP contribution in [0.4, 0.5) is 0 Å². The first-order valence-electron chi connectivity index (χ1n) is 7.27. The second-order valence-electron chi connectivity index (χ2n) is 5.28. The van der Waals surface area contributed by atoms with E-state index in [4.69, 9.17) is 16.7 Å². The normalized spacial score (nSPS) is 13.0. The number of carboxylic acid groups (broad SMARTS) is 1. The fourth-order valence-electron chi connectivity index (χ4n) is 2.37. The van der Waals surface area contributed by atoms with Gasteiger partial charge in [0, 0.05) is 16.5 Å². The Bertz CT molecular complexity index is 687. The van der Waals surface area contributed by atoms with E-state index in [1.165, 1.54) is 5.56 Å². The molecule has 22 heavy (non-hydrogen) atoms. The zero-order chi connectivity index (χ0) is 16.1. The van der Waals surface area contributed by atoms with Gasteiger partial charge >= 0.3 is 5.97 Å². The zero-order valence-electron chi connectivity index (χ0n) is 12.7. The second kappa shape index (κ2) is 7.28. The van der Waals surface area contributed by atoms with Gasteiger partial charge in [-0.15, -0.1) is 0 Å². The summed E-state index contributed by atoms with van der Waals surface area (Å²) < 4.78 is 0. The van der Waals surface area contributed by atoms with Crippen LogP contribution in [-0.4, -0.2) is 11.1 Å². The third-order valence-corrected chi connectivity index (χ3v) is 3.94. The van der Waals surface area contributed by atoms with Gasteiger partial charge in [-0.25, -0.2) is 4.79 Å². The number of allylic oxidation sites excluding steroid dienone is 1. The minimum atomic E-state index is -0.905. The Balaban J connectivity index is 2.49. The smallest absolute Gasteiger partial charge is 0.330 e. The highest BCUT2D eigenvalue weighted by Gasteiger charge is 2.14. The van der Waals surface area contributed by atoms with Crippen LogP contribution in [0, 0.1) is 0 Å². The Hall–Kier alpha value is -2.06. The van der Waals surface area contributed by atoms with Crippen LogP contribution in [0.5, 0.6) is 0 Å². The monoisotopic (exact) mass is 314 g/mol. The number of carboxylic acids is 1. The number of rotatable bonds is 5. The Morgan fingerprint density at radius 1 is 1.18 bits per heavy atom. The summed E-state index contributed by atoms with van der Waals surface area (Å²) in [5.74, 6) is -1.03. The quantitative estimate of drug-likeness (QED) is 0.783. The molecule has 2 rings (SSSR count). The van der Waals surface area contributed by atoms with Crippen LogP contribution in [0.25, 0.3) is 0 Å². The predicted octanol–water partition coefficient (Wildman–Crippen LogP) is 5.07. The van der Waals surface area contributed by atoms with Crippen molar-refractivity contribution >= 4 is 17.6 Å². The van der Waals surface area contributed by atoms with E-state index in [1.807, 2.05) is 24.3 Å². The third kappa shape index (κ3) is 3.99. The molecule has 1 N–H and O–H groups in total. The van der Waals surface area contributed by atoms with E-state index in [0.717, 1.165) is 17.5 Å². The number of hydrogen-bond donors (Lipinski definition) is 1. The first-order valence-corrected chi connectivity index (χ1v) is 7.65. The lowest BCUT2D eigenvalue weighted by atomic mass is 9.89. The van der Waals surface area contributed by atoms with Crippen LogP contribution < -0.4 is 0 Å². The highest BCUT2D eigenvalue weighted by molar-refractivity contribution is 6.30. The minimum absolute atomic E-state index is 0.124.